The van der Waals surface area contributed by atoms with Gasteiger partial charge in [-0.3, -0.25) is 14.4 Å². The summed E-state index contributed by atoms with van der Waals surface area (Å²) in [7, 11) is 1.69. The third kappa shape index (κ3) is 4.67. The molecule has 0 spiro atoms. The lowest BCUT2D eigenvalue weighted by molar-refractivity contribution is -0.134. The third-order valence-electron chi connectivity index (χ3n) is 5.67. The first kappa shape index (κ1) is 19.4. The van der Waals surface area contributed by atoms with Gasteiger partial charge in [0.1, 0.15) is 0 Å². The van der Waals surface area contributed by atoms with Gasteiger partial charge in [0.2, 0.25) is 17.7 Å². The summed E-state index contributed by atoms with van der Waals surface area (Å²) in [6.07, 6.45) is 6.63. The van der Waals surface area contributed by atoms with Gasteiger partial charge in [-0.1, -0.05) is 37.8 Å². The van der Waals surface area contributed by atoms with E-state index in [0.29, 0.717) is 23.7 Å². The molecule has 1 aromatic rings. The summed E-state index contributed by atoms with van der Waals surface area (Å²) < 4.78 is 0. The van der Waals surface area contributed by atoms with Crippen molar-refractivity contribution in [3.05, 3.63) is 24.3 Å². The molecule has 1 N–H and O–H groups in total. The quantitative estimate of drug-likeness (QED) is 0.864. The Kier molecular flexibility index (Phi) is 6.14. The highest BCUT2D eigenvalue weighted by atomic mass is 16.2. The summed E-state index contributed by atoms with van der Waals surface area (Å²) in [5.74, 6) is 0.405. The van der Waals surface area contributed by atoms with E-state index in [-0.39, 0.29) is 36.7 Å². The van der Waals surface area contributed by atoms with Crippen LogP contribution in [0.2, 0.25) is 0 Å². The van der Waals surface area contributed by atoms with E-state index in [4.69, 9.17) is 0 Å². The summed E-state index contributed by atoms with van der Waals surface area (Å²) in [4.78, 5) is 40.7. The maximum Gasteiger partial charge on any atom is 0.246 e. The Hall–Kier alpha value is -2.37. The van der Waals surface area contributed by atoms with Crippen molar-refractivity contribution in [1.82, 2.24) is 4.90 Å². The van der Waals surface area contributed by atoms with Gasteiger partial charge in [-0.05, 0) is 31.4 Å². The van der Waals surface area contributed by atoms with Crippen LogP contribution in [0.15, 0.2) is 24.3 Å². The second-order valence-electron chi connectivity index (χ2n) is 7.82. The van der Waals surface area contributed by atoms with Gasteiger partial charge in [0.05, 0.1) is 17.9 Å². The molecule has 1 aliphatic carbocycles. The van der Waals surface area contributed by atoms with E-state index in [1.54, 1.807) is 18.0 Å². The lowest BCUT2D eigenvalue weighted by atomic mass is 10.0. The van der Waals surface area contributed by atoms with Crippen LogP contribution in [0.1, 0.15) is 51.9 Å². The number of para-hydroxylation sites is 2. The third-order valence-corrected chi connectivity index (χ3v) is 5.67. The molecule has 2 aliphatic rings. The number of carbonyl (C=O) groups excluding carboxylic acids is 3. The average Bonchev–Trinajstić information content (AvgIpc) is 3.10. The first-order chi connectivity index (χ1) is 13.0. The number of likely N-dealkylation sites (N-methyl/N-ethyl adjacent to an activating group) is 1. The molecule has 1 aromatic carbocycles. The van der Waals surface area contributed by atoms with Crippen molar-refractivity contribution in [3.8, 4) is 0 Å². The minimum atomic E-state index is -0.261. The standard InChI is InChI=1S/C21H29N3O3/c1-15-13-19(25)22-17-9-5-6-10-18(17)24(15)21(27)14-23(2)20(26)12-11-16-7-3-4-8-16/h5-6,9-10,15-16H,3-4,7-8,11-14H2,1-2H3,(H,22,25)/t15-/m0/s1. The molecule has 3 rings (SSSR count). The molecule has 1 fully saturated rings. The Morgan fingerprint density at radius 1 is 1.22 bits per heavy atom. The molecule has 1 atom stereocenters. The minimum absolute atomic E-state index is 0.0141. The number of carbonyl (C=O) groups is 3. The van der Waals surface area contributed by atoms with Crippen LogP contribution in [0, 0.1) is 5.92 Å². The molecule has 146 valence electrons. The van der Waals surface area contributed by atoms with Crippen molar-refractivity contribution < 1.29 is 14.4 Å². The van der Waals surface area contributed by atoms with Gasteiger partial charge in [0.25, 0.3) is 0 Å². The van der Waals surface area contributed by atoms with Gasteiger partial charge in [-0.2, -0.15) is 0 Å². The molecule has 0 aromatic heterocycles. The molecular weight excluding hydrogens is 342 g/mol. The van der Waals surface area contributed by atoms with Gasteiger partial charge >= 0.3 is 0 Å². The van der Waals surface area contributed by atoms with Gasteiger partial charge < -0.3 is 15.1 Å². The van der Waals surface area contributed by atoms with Crippen molar-refractivity contribution in [2.24, 2.45) is 5.92 Å². The van der Waals surface area contributed by atoms with Gasteiger partial charge in [0, 0.05) is 25.9 Å². The largest absolute Gasteiger partial charge is 0.336 e. The summed E-state index contributed by atoms with van der Waals surface area (Å²) >= 11 is 0. The van der Waals surface area contributed by atoms with E-state index in [9.17, 15) is 14.4 Å². The zero-order valence-corrected chi connectivity index (χ0v) is 16.2. The highest BCUT2D eigenvalue weighted by molar-refractivity contribution is 6.05. The summed E-state index contributed by atoms with van der Waals surface area (Å²) in [5.41, 5.74) is 1.32. The number of nitrogens with zero attached hydrogens (tertiary/aromatic N) is 2. The highest BCUT2D eigenvalue weighted by Crippen LogP contribution is 2.31. The molecule has 0 unspecified atom stereocenters. The number of nitrogens with one attached hydrogen (secondary N) is 1. The number of anilines is 2. The zero-order valence-electron chi connectivity index (χ0n) is 16.2. The van der Waals surface area contributed by atoms with Crippen LogP contribution < -0.4 is 10.2 Å². The molecule has 1 heterocycles. The van der Waals surface area contributed by atoms with Crippen LogP contribution in [0.4, 0.5) is 11.4 Å². The predicted octanol–water partition coefficient (Wildman–Crippen LogP) is 3.18. The number of hydrogen-bond donors (Lipinski definition) is 1. The molecule has 6 heteroatoms. The van der Waals surface area contributed by atoms with Crippen LogP contribution in [0.3, 0.4) is 0 Å². The fraction of sp³-hybridized carbons (Fsp3) is 0.571. The van der Waals surface area contributed by atoms with Crippen molar-refractivity contribution in [1.29, 1.82) is 0 Å². The van der Waals surface area contributed by atoms with Crippen molar-refractivity contribution in [3.63, 3.8) is 0 Å². The van der Waals surface area contributed by atoms with Crippen LogP contribution in [0.5, 0.6) is 0 Å². The van der Waals surface area contributed by atoms with E-state index in [1.165, 1.54) is 30.6 Å². The summed E-state index contributed by atoms with van der Waals surface area (Å²) in [5, 5.41) is 2.85. The topological polar surface area (TPSA) is 69.7 Å². The van der Waals surface area contributed by atoms with Crippen LogP contribution in [-0.2, 0) is 14.4 Å². The molecule has 1 aliphatic heterocycles. The molecule has 0 radical (unpaired) electrons. The van der Waals surface area contributed by atoms with E-state index in [2.05, 4.69) is 5.32 Å². The Balaban J connectivity index is 1.65. The lowest BCUT2D eigenvalue weighted by Crippen LogP contribution is -2.45. The lowest BCUT2D eigenvalue weighted by Gasteiger charge is -2.30. The Labute approximate surface area is 160 Å². The number of hydrogen-bond acceptors (Lipinski definition) is 3. The fourth-order valence-corrected chi connectivity index (χ4v) is 4.15. The van der Waals surface area contributed by atoms with Crippen LogP contribution in [-0.4, -0.2) is 42.3 Å². The SMILES string of the molecule is C[C@H]1CC(=O)Nc2ccccc2N1C(=O)CN(C)C(=O)CCC1CCCC1. The Morgan fingerprint density at radius 3 is 2.67 bits per heavy atom. The second kappa shape index (κ2) is 8.55. The summed E-state index contributed by atoms with van der Waals surface area (Å²) in [6, 6.07) is 7.04. The fourth-order valence-electron chi connectivity index (χ4n) is 4.15. The maximum atomic E-state index is 13.0. The molecule has 0 saturated heterocycles. The van der Waals surface area contributed by atoms with E-state index >= 15 is 0 Å². The second-order valence-corrected chi connectivity index (χ2v) is 7.82. The minimum Gasteiger partial charge on any atom is -0.336 e. The smallest absolute Gasteiger partial charge is 0.246 e. The van der Waals surface area contributed by atoms with E-state index in [1.807, 2.05) is 25.1 Å². The molecule has 1 saturated carbocycles. The Bertz CT molecular complexity index is 712. The van der Waals surface area contributed by atoms with Crippen molar-refractivity contribution in [2.75, 3.05) is 23.8 Å². The van der Waals surface area contributed by atoms with Crippen molar-refractivity contribution in [2.45, 2.75) is 57.9 Å². The van der Waals surface area contributed by atoms with Gasteiger partial charge in [-0.25, -0.2) is 0 Å². The Morgan fingerprint density at radius 2 is 1.93 bits per heavy atom. The number of fused-ring (bicyclic) bond motifs is 1. The zero-order chi connectivity index (χ0) is 19.4. The van der Waals surface area contributed by atoms with Crippen LogP contribution in [0.25, 0.3) is 0 Å². The molecule has 0 bridgehead atoms. The molecule has 3 amide bonds. The van der Waals surface area contributed by atoms with Crippen molar-refractivity contribution >= 4 is 29.1 Å². The normalized spacial score (nSPS) is 20.0. The first-order valence-electron chi connectivity index (χ1n) is 9.90. The van der Waals surface area contributed by atoms with Gasteiger partial charge in [0.15, 0.2) is 0 Å². The molecule has 6 nitrogen and oxygen atoms in total. The monoisotopic (exact) mass is 371 g/mol. The summed E-state index contributed by atoms with van der Waals surface area (Å²) in [6.45, 7) is 1.89. The maximum absolute atomic E-state index is 13.0. The number of benzene rings is 1. The van der Waals surface area contributed by atoms with Crippen LogP contribution >= 0.6 is 0 Å². The van der Waals surface area contributed by atoms with E-state index in [0.717, 1.165) is 6.42 Å². The van der Waals surface area contributed by atoms with Gasteiger partial charge in [-0.15, -0.1) is 0 Å². The first-order valence-corrected chi connectivity index (χ1v) is 9.90. The highest BCUT2D eigenvalue weighted by Gasteiger charge is 2.30. The average molecular weight is 371 g/mol. The number of rotatable bonds is 5. The number of amides is 3. The predicted molar refractivity (Wildman–Crippen MR) is 105 cm³/mol. The van der Waals surface area contributed by atoms with E-state index < -0.39 is 0 Å². The molecular formula is C21H29N3O3. The molecule has 27 heavy (non-hydrogen) atoms.